The second-order valence-electron chi connectivity index (χ2n) is 4.73. The maximum atomic E-state index is 6.00. The van der Waals surface area contributed by atoms with Crippen molar-refractivity contribution in [1.29, 1.82) is 0 Å². The molecule has 0 unspecified atom stereocenters. The van der Waals surface area contributed by atoms with E-state index in [0.29, 0.717) is 13.2 Å². The van der Waals surface area contributed by atoms with Crippen molar-refractivity contribution in [3.63, 3.8) is 0 Å². The highest BCUT2D eigenvalue weighted by Crippen LogP contribution is 2.23. The lowest BCUT2D eigenvalue weighted by molar-refractivity contribution is 0.308. The van der Waals surface area contributed by atoms with Crippen LogP contribution in [-0.4, -0.2) is 13.2 Å². The van der Waals surface area contributed by atoms with Crippen LogP contribution in [-0.2, 0) is 12.8 Å². The molecule has 0 aliphatic carbocycles. The zero-order valence-electron chi connectivity index (χ0n) is 11.5. The van der Waals surface area contributed by atoms with E-state index in [4.69, 9.17) is 22.1 Å². The van der Waals surface area contributed by atoms with Crippen LogP contribution in [0.1, 0.15) is 17.5 Å². The van der Waals surface area contributed by atoms with Gasteiger partial charge in [-0.1, -0.05) is 41.9 Å². The molecule has 0 saturated heterocycles. The van der Waals surface area contributed by atoms with E-state index < -0.39 is 0 Å². The van der Waals surface area contributed by atoms with Crippen LogP contribution >= 0.6 is 11.6 Å². The van der Waals surface area contributed by atoms with Crippen molar-refractivity contribution in [2.24, 2.45) is 5.73 Å². The van der Waals surface area contributed by atoms with E-state index in [1.165, 1.54) is 5.56 Å². The average Bonchev–Trinajstić information content (AvgIpc) is 2.47. The summed E-state index contributed by atoms with van der Waals surface area (Å²) in [6.45, 7) is 1.30. The van der Waals surface area contributed by atoms with E-state index in [2.05, 4.69) is 24.3 Å². The van der Waals surface area contributed by atoms with Crippen molar-refractivity contribution in [1.82, 2.24) is 0 Å². The molecule has 106 valence electrons. The van der Waals surface area contributed by atoms with Gasteiger partial charge in [0, 0.05) is 5.02 Å². The van der Waals surface area contributed by atoms with Crippen molar-refractivity contribution in [2.75, 3.05) is 13.2 Å². The fraction of sp³-hybridized carbons (Fsp3) is 0.294. The Morgan fingerprint density at radius 2 is 1.80 bits per heavy atom. The molecular weight excluding hydrogens is 270 g/mol. The first-order valence-electron chi connectivity index (χ1n) is 6.95. The molecule has 0 radical (unpaired) electrons. The van der Waals surface area contributed by atoms with Crippen LogP contribution in [0.2, 0.25) is 5.02 Å². The molecule has 2 aromatic carbocycles. The summed E-state index contributed by atoms with van der Waals surface area (Å²) in [4.78, 5) is 0. The molecule has 3 heteroatoms. The highest BCUT2D eigenvalue weighted by Gasteiger charge is 2.04. The molecular formula is C17H20ClNO. The van der Waals surface area contributed by atoms with Gasteiger partial charge in [0.15, 0.2) is 0 Å². The SMILES string of the molecule is NCCc1cc(Cl)ccc1OCCCc1ccccc1. The Bertz CT molecular complexity index is 528. The molecule has 0 aliphatic heterocycles. The van der Waals surface area contributed by atoms with Crippen LogP contribution in [0.5, 0.6) is 5.75 Å². The first-order chi connectivity index (χ1) is 9.79. The van der Waals surface area contributed by atoms with Crippen LogP contribution in [0.15, 0.2) is 48.5 Å². The second-order valence-corrected chi connectivity index (χ2v) is 5.16. The molecule has 0 spiro atoms. The van der Waals surface area contributed by atoms with Gasteiger partial charge in [0.1, 0.15) is 5.75 Å². The molecule has 2 rings (SSSR count). The standard InChI is InChI=1S/C17H20ClNO/c18-16-8-9-17(15(13-16)10-11-19)20-12-4-7-14-5-2-1-3-6-14/h1-3,5-6,8-9,13H,4,7,10-12,19H2. The summed E-state index contributed by atoms with van der Waals surface area (Å²) in [5.74, 6) is 0.896. The zero-order valence-corrected chi connectivity index (χ0v) is 12.3. The molecule has 0 amide bonds. The van der Waals surface area contributed by atoms with Crippen molar-refractivity contribution in [3.05, 3.63) is 64.7 Å². The lowest BCUT2D eigenvalue weighted by atomic mass is 10.1. The Morgan fingerprint density at radius 1 is 1.00 bits per heavy atom. The van der Waals surface area contributed by atoms with Crippen molar-refractivity contribution >= 4 is 11.6 Å². The summed E-state index contributed by atoms with van der Waals surface area (Å²) < 4.78 is 5.85. The van der Waals surface area contributed by atoms with Gasteiger partial charge in [0.25, 0.3) is 0 Å². The summed E-state index contributed by atoms with van der Waals surface area (Å²) in [6, 6.07) is 16.2. The van der Waals surface area contributed by atoms with Gasteiger partial charge < -0.3 is 10.5 Å². The average molecular weight is 290 g/mol. The highest BCUT2D eigenvalue weighted by molar-refractivity contribution is 6.30. The molecule has 2 N–H and O–H groups in total. The van der Waals surface area contributed by atoms with Gasteiger partial charge in [-0.3, -0.25) is 0 Å². The lowest BCUT2D eigenvalue weighted by Gasteiger charge is -2.11. The Kier molecular flexibility index (Phi) is 5.90. The van der Waals surface area contributed by atoms with E-state index in [-0.39, 0.29) is 0 Å². The van der Waals surface area contributed by atoms with E-state index in [1.807, 2.05) is 24.3 Å². The first-order valence-corrected chi connectivity index (χ1v) is 7.32. The number of hydrogen-bond donors (Lipinski definition) is 1. The summed E-state index contributed by atoms with van der Waals surface area (Å²) in [5.41, 5.74) is 8.04. The molecule has 0 saturated carbocycles. The fourth-order valence-corrected chi connectivity index (χ4v) is 2.34. The molecule has 0 aromatic heterocycles. The normalized spacial score (nSPS) is 10.5. The van der Waals surface area contributed by atoms with Gasteiger partial charge in [-0.05, 0) is 55.1 Å². The van der Waals surface area contributed by atoms with Crippen molar-refractivity contribution in [2.45, 2.75) is 19.3 Å². The van der Waals surface area contributed by atoms with Crippen LogP contribution in [0.3, 0.4) is 0 Å². The molecule has 0 bridgehead atoms. The Hall–Kier alpha value is -1.51. The smallest absolute Gasteiger partial charge is 0.122 e. The minimum atomic E-state index is 0.598. The second kappa shape index (κ2) is 7.93. The largest absolute Gasteiger partial charge is 0.493 e. The molecule has 0 heterocycles. The van der Waals surface area contributed by atoms with Gasteiger partial charge in [-0.25, -0.2) is 0 Å². The summed E-state index contributed by atoms with van der Waals surface area (Å²) in [5, 5.41) is 0.727. The van der Waals surface area contributed by atoms with Gasteiger partial charge in [-0.2, -0.15) is 0 Å². The highest BCUT2D eigenvalue weighted by atomic mass is 35.5. The van der Waals surface area contributed by atoms with E-state index >= 15 is 0 Å². The summed E-state index contributed by atoms with van der Waals surface area (Å²) >= 11 is 6.00. The molecule has 2 aromatic rings. The number of rotatable bonds is 7. The zero-order chi connectivity index (χ0) is 14.2. The summed E-state index contributed by atoms with van der Waals surface area (Å²) in [7, 11) is 0. The number of nitrogens with two attached hydrogens (primary N) is 1. The number of halogens is 1. The third-order valence-corrected chi connectivity index (χ3v) is 3.38. The molecule has 0 aliphatic rings. The molecule has 20 heavy (non-hydrogen) atoms. The minimum absolute atomic E-state index is 0.598. The topological polar surface area (TPSA) is 35.2 Å². The maximum Gasteiger partial charge on any atom is 0.122 e. The third kappa shape index (κ3) is 4.55. The molecule has 2 nitrogen and oxygen atoms in total. The Morgan fingerprint density at radius 3 is 2.55 bits per heavy atom. The van der Waals surface area contributed by atoms with E-state index in [0.717, 1.165) is 35.6 Å². The number of benzene rings is 2. The fourth-order valence-electron chi connectivity index (χ4n) is 2.14. The van der Waals surface area contributed by atoms with Gasteiger partial charge in [-0.15, -0.1) is 0 Å². The van der Waals surface area contributed by atoms with Crippen LogP contribution < -0.4 is 10.5 Å². The van der Waals surface area contributed by atoms with Crippen LogP contribution in [0.25, 0.3) is 0 Å². The van der Waals surface area contributed by atoms with Gasteiger partial charge in [0.05, 0.1) is 6.61 Å². The Labute approximate surface area is 125 Å². The maximum absolute atomic E-state index is 6.00. The minimum Gasteiger partial charge on any atom is -0.493 e. The van der Waals surface area contributed by atoms with Crippen molar-refractivity contribution < 1.29 is 4.74 Å². The lowest BCUT2D eigenvalue weighted by Crippen LogP contribution is -2.06. The number of ether oxygens (including phenoxy) is 1. The van der Waals surface area contributed by atoms with Crippen LogP contribution in [0, 0.1) is 0 Å². The third-order valence-electron chi connectivity index (χ3n) is 3.15. The van der Waals surface area contributed by atoms with Gasteiger partial charge in [0.2, 0.25) is 0 Å². The molecule has 0 atom stereocenters. The Balaban J connectivity index is 1.84. The first kappa shape index (κ1) is 14.9. The number of hydrogen-bond acceptors (Lipinski definition) is 2. The monoisotopic (exact) mass is 289 g/mol. The predicted octanol–water partition coefficient (Wildman–Crippen LogP) is 3.85. The number of aryl methyl sites for hydroxylation is 1. The molecule has 0 fully saturated rings. The van der Waals surface area contributed by atoms with E-state index in [1.54, 1.807) is 0 Å². The predicted molar refractivity (Wildman–Crippen MR) is 84.5 cm³/mol. The quantitative estimate of drug-likeness (QED) is 0.786. The summed E-state index contributed by atoms with van der Waals surface area (Å²) in [6.07, 6.45) is 2.81. The van der Waals surface area contributed by atoms with Crippen molar-refractivity contribution in [3.8, 4) is 5.75 Å². The van der Waals surface area contributed by atoms with E-state index in [9.17, 15) is 0 Å². The van der Waals surface area contributed by atoms with Gasteiger partial charge >= 0.3 is 0 Å². The van der Waals surface area contributed by atoms with Crippen LogP contribution in [0.4, 0.5) is 0 Å².